The number of fused-ring (bicyclic) bond motifs is 1. The lowest BCUT2D eigenvalue weighted by atomic mass is 9.77. The summed E-state index contributed by atoms with van der Waals surface area (Å²) in [6, 6.07) is 9.71. The van der Waals surface area contributed by atoms with Crippen molar-refractivity contribution < 1.29 is 14.4 Å². The average Bonchev–Trinajstić information content (AvgIpc) is 2.73. The summed E-state index contributed by atoms with van der Waals surface area (Å²) < 4.78 is 12.0. The summed E-state index contributed by atoms with van der Waals surface area (Å²) in [5.74, 6) is 0. The van der Waals surface area contributed by atoms with E-state index < -0.39 is 18.3 Å². The number of nitrogens with zero attached hydrogens (tertiary/aromatic N) is 1. The van der Waals surface area contributed by atoms with Crippen molar-refractivity contribution in [3.8, 4) is 0 Å². The molecule has 1 aliphatic heterocycles. The first kappa shape index (κ1) is 17.4. The third-order valence-corrected chi connectivity index (χ3v) is 5.09. The SMILES string of the molecule is CC1(C)OB(C(=Cc2cc3ccccc3nc2Cl)CO)OC1(C)C. The van der Waals surface area contributed by atoms with E-state index in [0.717, 1.165) is 16.5 Å². The summed E-state index contributed by atoms with van der Waals surface area (Å²) >= 11 is 6.30. The second kappa shape index (κ2) is 6.15. The van der Waals surface area contributed by atoms with Gasteiger partial charge >= 0.3 is 7.12 Å². The molecule has 0 atom stereocenters. The largest absolute Gasteiger partial charge is 0.492 e. The topological polar surface area (TPSA) is 51.6 Å². The van der Waals surface area contributed by atoms with Gasteiger partial charge in [0.1, 0.15) is 5.15 Å². The molecule has 6 heteroatoms. The van der Waals surface area contributed by atoms with Crippen molar-refractivity contribution >= 4 is 35.7 Å². The minimum absolute atomic E-state index is 0.181. The third kappa shape index (κ3) is 3.09. The van der Waals surface area contributed by atoms with Crippen LogP contribution in [0, 0.1) is 0 Å². The van der Waals surface area contributed by atoms with Crippen LogP contribution in [0.15, 0.2) is 35.8 Å². The number of aromatic nitrogens is 1. The van der Waals surface area contributed by atoms with E-state index in [2.05, 4.69) is 4.98 Å². The van der Waals surface area contributed by atoms with Gasteiger partial charge in [-0.15, -0.1) is 0 Å². The van der Waals surface area contributed by atoms with Gasteiger partial charge in [-0.25, -0.2) is 4.98 Å². The van der Waals surface area contributed by atoms with Crippen molar-refractivity contribution in [1.82, 2.24) is 4.98 Å². The number of halogens is 1. The summed E-state index contributed by atoms with van der Waals surface area (Å²) in [6.45, 7) is 7.73. The summed E-state index contributed by atoms with van der Waals surface area (Å²) in [4.78, 5) is 4.40. The Labute approximate surface area is 147 Å². The maximum absolute atomic E-state index is 9.80. The van der Waals surface area contributed by atoms with Crippen LogP contribution in [0.3, 0.4) is 0 Å². The van der Waals surface area contributed by atoms with Crippen molar-refractivity contribution in [2.45, 2.75) is 38.9 Å². The van der Waals surface area contributed by atoms with Crippen LogP contribution in [0.25, 0.3) is 17.0 Å². The van der Waals surface area contributed by atoms with Gasteiger partial charge in [-0.1, -0.05) is 35.9 Å². The van der Waals surface area contributed by atoms with Gasteiger partial charge in [-0.2, -0.15) is 0 Å². The van der Waals surface area contributed by atoms with E-state index in [0.29, 0.717) is 10.6 Å². The van der Waals surface area contributed by atoms with Gasteiger partial charge in [0, 0.05) is 10.9 Å². The van der Waals surface area contributed by atoms with E-state index in [-0.39, 0.29) is 6.61 Å². The van der Waals surface area contributed by atoms with Crippen LogP contribution >= 0.6 is 11.6 Å². The van der Waals surface area contributed by atoms with Gasteiger partial charge < -0.3 is 14.4 Å². The number of para-hydroxylation sites is 1. The molecule has 4 nitrogen and oxygen atoms in total. The van der Waals surface area contributed by atoms with Crippen molar-refractivity contribution in [1.29, 1.82) is 0 Å². The number of pyridine rings is 1. The van der Waals surface area contributed by atoms with Crippen LogP contribution in [0.4, 0.5) is 0 Å². The molecule has 24 heavy (non-hydrogen) atoms. The molecule has 1 aromatic heterocycles. The molecule has 126 valence electrons. The maximum Gasteiger partial charge on any atom is 0.492 e. The number of hydrogen-bond acceptors (Lipinski definition) is 4. The van der Waals surface area contributed by atoms with E-state index >= 15 is 0 Å². The molecule has 2 heterocycles. The Hall–Kier alpha value is -1.40. The Balaban J connectivity index is 1.98. The smallest absolute Gasteiger partial charge is 0.400 e. The molecule has 0 amide bonds. The number of aliphatic hydroxyl groups is 1. The predicted octanol–water partition coefficient (Wildman–Crippen LogP) is 3.90. The van der Waals surface area contributed by atoms with Crippen LogP contribution in [0.2, 0.25) is 5.15 Å². The first-order chi connectivity index (χ1) is 11.2. The van der Waals surface area contributed by atoms with E-state index in [4.69, 9.17) is 20.9 Å². The number of hydrogen-bond donors (Lipinski definition) is 1. The molecule has 3 rings (SSSR count). The fourth-order valence-corrected chi connectivity index (χ4v) is 2.79. The summed E-state index contributed by atoms with van der Waals surface area (Å²) in [7, 11) is -0.609. The molecule has 1 fully saturated rings. The van der Waals surface area contributed by atoms with Crippen LogP contribution < -0.4 is 0 Å². The molecule has 0 unspecified atom stereocenters. The quantitative estimate of drug-likeness (QED) is 0.677. The summed E-state index contributed by atoms with van der Waals surface area (Å²) in [5, 5.41) is 11.2. The number of benzene rings is 1. The molecular weight excluding hydrogens is 324 g/mol. The highest BCUT2D eigenvalue weighted by Crippen LogP contribution is 2.39. The predicted molar refractivity (Wildman–Crippen MR) is 97.9 cm³/mol. The first-order valence-corrected chi connectivity index (χ1v) is 8.33. The fraction of sp³-hybridized carbons (Fsp3) is 0.389. The molecule has 0 aliphatic carbocycles. The third-order valence-electron chi connectivity index (χ3n) is 4.78. The lowest BCUT2D eigenvalue weighted by Crippen LogP contribution is -2.41. The molecule has 1 saturated heterocycles. The zero-order valence-corrected chi connectivity index (χ0v) is 15.1. The van der Waals surface area contributed by atoms with Gasteiger partial charge in [0.2, 0.25) is 0 Å². The second-order valence-corrected chi connectivity index (χ2v) is 7.38. The highest BCUT2D eigenvalue weighted by molar-refractivity contribution is 6.56. The Kier molecular flexibility index (Phi) is 4.47. The van der Waals surface area contributed by atoms with Crippen LogP contribution in [0.1, 0.15) is 33.3 Å². The summed E-state index contributed by atoms with van der Waals surface area (Å²) in [5.41, 5.74) is 1.26. The zero-order valence-electron chi connectivity index (χ0n) is 14.3. The van der Waals surface area contributed by atoms with Gasteiger partial charge in [-0.05, 0) is 45.3 Å². The van der Waals surface area contributed by atoms with Crippen molar-refractivity contribution in [2.24, 2.45) is 0 Å². The first-order valence-electron chi connectivity index (χ1n) is 7.96. The second-order valence-electron chi connectivity index (χ2n) is 7.03. The molecular formula is C18H21BClNO3. The molecule has 0 spiro atoms. The Bertz CT molecular complexity index is 788. The van der Waals surface area contributed by atoms with Crippen LogP contribution in [-0.4, -0.2) is 35.0 Å². The lowest BCUT2D eigenvalue weighted by molar-refractivity contribution is 0.00578. The molecule has 0 saturated carbocycles. The number of rotatable bonds is 3. The van der Waals surface area contributed by atoms with Crippen LogP contribution in [0.5, 0.6) is 0 Å². The minimum atomic E-state index is -0.609. The Morgan fingerprint density at radius 1 is 1.21 bits per heavy atom. The highest BCUT2D eigenvalue weighted by Gasteiger charge is 2.52. The Morgan fingerprint density at radius 2 is 1.83 bits per heavy atom. The molecule has 1 aliphatic rings. The van der Waals surface area contributed by atoms with E-state index in [9.17, 15) is 5.11 Å². The lowest BCUT2D eigenvalue weighted by Gasteiger charge is -2.32. The summed E-state index contributed by atoms with van der Waals surface area (Å²) in [6.07, 6.45) is 1.80. The van der Waals surface area contributed by atoms with Crippen molar-refractivity contribution in [3.63, 3.8) is 0 Å². The fourth-order valence-electron chi connectivity index (χ4n) is 2.59. The molecule has 0 radical (unpaired) electrons. The molecule has 0 bridgehead atoms. The van der Waals surface area contributed by atoms with Gasteiger partial charge in [0.25, 0.3) is 0 Å². The zero-order chi connectivity index (χ0) is 17.5. The van der Waals surface area contributed by atoms with E-state index in [1.165, 1.54) is 0 Å². The average molecular weight is 346 g/mol. The normalized spacial score (nSPS) is 19.9. The van der Waals surface area contributed by atoms with E-state index in [1.54, 1.807) is 6.08 Å². The molecule has 2 aromatic rings. The number of aliphatic hydroxyl groups excluding tert-OH is 1. The standard InChI is InChI=1S/C18H21BClNO3/c1-17(2)18(3,4)24-19(23-17)14(11-22)10-13-9-12-7-5-6-8-15(12)21-16(13)20/h5-10,22H,11H2,1-4H3. The molecule has 1 N–H and O–H groups in total. The van der Waals surface area contributed by atoms with Crippen LogP contribution in [-0.2, 0) is 9.31 Å². The van der Waals surface area contributed by atoms with Gasteiger partial charge in [0.15, 0.2) is 0 Å². The van der Waals surface area contributed by atoms with Crippen molar-refractivity contribution in [3.05, 3.63) is 46.5 Å². The van der Waals surface area contributed by atoms with Gasteiger partial charge in [0.05, 0.1) is 23.3 Å². The van der Waals surface area contributed by atoms with Crippen molar-refractivity contribution in [2.75, 3.05) is 6.61 Å². The maximum atomic E-state index is 9.80. The van der Waals surface area contributed by atoms with E-state index in [1.807, 2.05) is 58.0 Å². The minimum Gasteiger partial charge on any atom is -0.400 e. The Morgan fingerprint density at radius 3 is 2.46 bits per heavy atom. The monoisotopic (exact) mass is 345 g/mol. The molecule has 1 aromatic carbocycles. The van der Waals surface area contributed by atoms with Gasteiger partial charge in [-0.3, -0.25) is 0 Å². The highest BCUT2D eigenvalue weighted by atomic mass is 35.5.